The number of aliphatic carboxylic acids is 1. The van der Waals surface area contributed by atoms with E-state index in [1.807, 2.05) is 19.1 Å². The highest BCUT2D eigenvalue weighted by Crippen LogP contribution is 2.36. The van der Waals surface area contributed by atoms with Crippen LogP contribution in [0.15, 0.2) is 66.7 Å². The largest absolute Gasteiger partial charge is 0.490 e. The van der Waals surface area contributed by atoms with Gasteiger partial charge in [0.15, 0.2) is 17.6 Å². The van der Waals surface area contributed by atoms with E-state index in [2.05, 4.69) is 0 Å². The molecule has 0 spiro atoms. The van der Waals surface area contributed by atoms with E-state index in [4.69, 9.17) is 25.8 Å². The van der Waals surface area contributed by atoms with Gasteiger partial charge in [-0.25, -0.2) is 4.39 Å². The maximum absolute atomic E-state index is 13.4. The number of carboxylic acid groups (broad SMARTS) is 1. The summed E-state index contributed by atoms with van der Waals surface area (Å²) in [7, 11) is 0. The molecule has 1 heterocycles. The molecule has 1 aliphatic rings. The summed E-state index contributed by atoms with van der Waals surface area (Å²) < 4.78 is 30.9. The second kappa shape index (κ2) is 10.1. The molecule has 0 aliphatic carbocycles. The molecule has 0 saturated heterocycles. The van der Waals surface area contributed by atoms with Gasteiger partial charge in [0.1, 0.15) is 24.8 Å². The van der Waals surface area contributed by atoms with E-state index in [-0.39, 0.29) is 18.5 Å². The fraction of sp³-hybridized carbons (Fsp3) is 0.269. The Balaban J connectivity index is 1.46. The quantitative estimate of drug-likeness (QED) is 0.441. The molecule has 7 heteroatoms. The van der Waals surface area contributed by atoms with Crippen LogP contribution in [0.5, 0.6) is 17.2 Å². The minimum absolute atomic E-state index is 0.277. The molecule has 0 radical (unpaired) electrons. The molecule has 0 saturated carbocycles. The fourth-order valence-corrected chi connectivity index (χ4v) is 4.17. The number of ether oxygens (including phenoxy) is 3. The molecule has 3 atom stereocenters. The smallest absolute Gasteiger partial charge is 0.307 e. The number of halogens is 2. The molecule has 3 aromatic rings. The molecule has 4 rings (SSSR count). The van der Waals surface area contributed by atoms with Crippen LogP contribution in [0.25, 0.3) is 0 Å². The fourth-order valence-electron chi connectivity index (χ4n) is 4.01. The molecule has 2 unspecified atom stereocenters. The molecular weight excluding hydrogens is 447 g/mol. The minimum Gasteiger partial charge on any atom is -0.490 e. The summed E-state index contributed by atoms with van der Waals surface area (Å²) in [5.41, 5.74) is 1.58. The number of carboxylic acids is 1. The van der Waals surface area contributed by atoms with Gasteiger partial charge in [-0.05, 0) is 53.9 Å². The number of hydrogen-bond donors (Lipinski definition) is 1. The number of hydrogen-bond acceptors (Lipinski definition) is 4. The first-order chi connectivity index (χ1) is 15.9. The van der Waals surface area contributed by atoms with Crippen molar-refractivity contribution in [3.05, 3.63) is 88.7 Å². The van der Waals surface area contributed by atoms with Gasteiger partial charge < -0.3 is 19.3 Å². The Morgan fingerprint density at radius 2 is 1.76 bits per heavy atom. The van der Waals surface area contributed by atoms with E-state index in [9.17, 15) is 14.3 Å². The van der Waals surface area contributed by atoms with E-state index in [1.54, 1.807) is 42.5 Å². The van der Waals surface area contributed by atoms with Crippen LogP contribution in [0.4, 0.5) is 4.39 Å². The topological polar surface area (TPSA) is 65.0 Å². The third kappa shape index (κ3) is 5.40. The van der Waals surface area contributed by atoms with Crippen LogP contribution in [0, 0.1) is 11.7 Å². The van der Waals surface area contributed by atoms with E-state index in [1.165, 1.54) is 12.1 Å². The number of benzene rings is 3. The van der Waals surface area contributed by atoms with Crippen molar-refractivity contribution in [2.75, 3.05) is 13.2 Å². The zero-order valence-corrected chi connectivity index (χ0v) is 18.8. The molecule has 0 bridgehead atoms. The normalized spacial score (nSPS) is 16.6. The molecule has 0 aromatic heterocycles. The van der Waals surface area contributed by atoms with Crippen LogP contribution >= 0.6 is 11.6 Å². The van der Waals surface area contributed by atoms with E-state index < -0.39 is 17.8 Å². The van der Waals surface area contributed by atoms with Crippen LogP contribution in [0.1, 0.15) is 30.4 Å². The first-order valence-corrected chi connectivity index (χ1v) is 11.1. The number of rotatable bonds is 8. The van der Waals surface area contributed by atoms with Gasteiger partial charge >= 0.3 is 5.97 Å². The molecule has 3 aromatic carbocycles. The second-order valence-corrected chi connectivity index (χ2v) is 8.34. The van der Waals surface area contributed by atoms with Crippen molar-refractivity contribution in [2.45, 2.75) is 25.4 Å². The van der Waals surface area contributed by atoms with Gasteiger partial charge in [0.25, 0.3) is 0 Å². The molecule has 1 N–H and O–H groups in total. The second-order valence-electron chi connectivity index (χ2n) is 7.90. The average molecular weight is 471 g/mol. The lowest BCUT2D eigenvalue weighted by Crippen LogP contribution is -2.34. The van der Waals surface area contributed by atoms with Gasteiger partial charge in [0, 0.05) is 17.0 Å². The number of carbonyl (C=O) groups is 1. The van der Waals surface area contributed by atoms with Crippen LogP contribution < -0.4 is 14.2 Å². The van der Waals surface area contributed by atoms with E-state index in [0.29, 0.717) is 35.3 Å². The predicted octanol–water partition coefficient (Wildman–Crippen LogP) is 5.94. The van der Waals surface area contributed by atoms with Gasteiger partial charge in [-0.2, -0.15) is 0 Å². The summed E-state index contributed by atoms with van der Waals surface area (Å²) in [4.78, 5) is 11.9. The lowest BCUT2D eigenvalue weighted by molar-refractivity contribution is -0.142. The Morgan fingerprint density at radius 3 is 2.39 bits per heavy atom. The summed E-state index contributed by atoms with van der Waals surface area (Å²) in [6.45, 7) is 2.47. The summed E-state index contributed by atoms with van der Waals surface area (Å²) >= 11 is 6.02. The highest BCUT2D eigenvalue weighted by Gasteiger charge is 2.29. The molecule has 0 fully saturated rings. The molecule has 33 heavy (non-hydrogen) atoms. The van der Waals surface area contributed by atoms with Gasteiger partial charge in [-0.3, -0.25) is 4.79 Å². The highest BCUT2D eigenvalue weighted by molar-refractivity contribution is 6.30. The lowest BCUT2D eigenvalue weighted by Gasteiger charge is -2.27. The maximum Gasteiger partial charge on any atom is 0.307 e. The standard InChI is InChI=1S/C26H24ClFO5/c1-2-22(26(29)30)25(16-3-8-19(28)9-4-16)17-5-10-20(11-6-17)31-14-21-15-32-23-12-7-18(27)13-24(23)33-21/h3-13,21-22,25H,2,14-15H2,1H3,(H,29,30)/t21-,22?,25?/m0/s1. The lowest BCUT2D eigenvalue weighted by atomic mass is 9.79. The molecule has 5 nitrogen and oxygen atoms in total. The van der Waals surface area contributed by atoms with Crippen molar-refractivity contribution < 1.29 is 28.5 Å². The van der Waals surface area contributed by atoms with Crippen molar-refractivity contribution in [2.24, 2.45) is 5.92 Å². The van der Waals surface area contributed by atoms with Crippen LogP contribution in [0.3, 0.4) is 0 Å². The Bertz CT molecular complexity index is 1100. The maximum atomic E-state index is 13.4. The van der Waals surface area contributed by atoms with Crippen LogP contribution in [-0.4, -0.2) is 30.4 Å². The highest BCUT2D eigenvalue weighted by atomic mass is 35.5. The van der Waals surface area contributed by atoms with Gasteiger partial charge in [0.05, 0.1) is 5.92 Å². The molecule has 172 valence electrons. The third-order valence-corrected chi connectivity index (χ3v) is 5.92. The summed E-state index contributed by atoms with van der Waals surface area (Å²) in [5, 5.41) is 10.3. The van der Waals surface area contributed by atoms with Crippen LogP contribution in [-0.2, 0) is 4.79 Å². The monoisotopic (exact) mass is 470 g/mol. The van der Waals surface area contributed by atoms with E-state index >= 15 is 0 Å². The summed E-state index contributed by atoms with van der Waals surface area (Å²) in [6, 6.07) is 18.5. The van der Waals surface area contributed by atoms with Crippen molar-refractivity contribution in [3.63, 3.8) is 0 Å². The predicted molar refractivity (Wildman–Crippen MR) is 123 cm³/mol. The van der Waals surface area contributed by atoms with E-state index in [0.717, 1.165) is 11.1 Å². The minimum atomic E-state index is -0.887. The summed E-state index contributed by atoms with van der Waals surface area (Å²) in [5.74, 6) is -0.430. The van der Waals surface area contributed by atoms with Crippen molar-refractivity contribution >= 4 is 17.6 Å². The Labute approximate surface area is 196 Å². The van der Waals surface area contributed by atoms with Gasteiger partial charge in [-0.15, -0.1) is 0 Å². The Kier molecular flexibility index (Phi) is 7.04. The molecule has 0 amide bonds. The molecule has 1 aliphatic heterocycles. The third-order valence-electron chi connectivity index (χ3n) is 5.69. The van der Waals surface area contributed by atoms with Crippen LogP contribution in [0.2, 0.25) is 5.02 Å². The number of fused-ring (bicyclic) bond motifs is 1. The summed E-state index contributed by atoms with van der Waals surface area (Å²) in [6.07, 6.45) is 0.152. The van der Waals surface area contributed by atoms with Crippen molar-refractivity contribution in [1.82, 2.24) is 0 Å². The average Bonchev–Trinajstić information content (AvgIpc) is 2.82. The van der Waals surface area contributed by atoms with Crippen molar-refractivity contribution in [3.8, 4) is 17.2 Å². The zero-order chi connectivity index (χ0) is 23.4. The first kappa shape index (κ1) is 22.9. The first-order valence-electron chi connectivity index (χ1n) is 10.7. The van der Waals surface area contributed by atoms with Gasteiger partial charge in [-0.1, -0.05) is 42.8 Å². The van der Waals surface area contributed by atoms with Gasteiger partial charge in [0.2, 0.25) is 0 Å². The molecular formula is C26H24ClFO5. The zero-order valence-electron chi connectivity index (χ0n) is 18.0. The SMILES string of the molecule is CCC(C(=O)O)C(c1ccc(F)cc1)c1ccc(OC[C@H]2COc3ccc(Cl)cc3O2)cc1. The Morgan fingerprint density at radius 1 is 1.09 bits per heavy atom. The Hall–Kier alpha value is -3.25. The van der Waals surface area contributed by atoms with Crippen molar-refractivity contribution in [1.29, 1.82) is 0 Å².